The monoisotopic (exact) mass is 238 g/mol. The van der Waals surface area contributed by atoms with Gasteiger partial charge in [-0.25, -0.2) is 0 Å². The molecule has 0 heterocycles. The van der Waals surface area contributed by atoms with Gasteiger partial charge in [-0.1, -0.05) is 12.8 Å². The quantitative estimate of drug-likeness (QED) is 0.786. The van der Waals surface area contributed by atoms with E-state index < -0.39 is 24.9 Å². The van der Waals surface area contributed by atoms with Crippen LogP contribution in [0.15, 0.2) is 0 Å². The first-order valence-electron chi connectivity index (χ1n) is 5.50. The van der Waals surface area contributed by atoms with Crippen LogP contribution >= 0.6 is 0 Å². The maximum absolute atomic E-state index is 11.9. The molecule has 1 aliphatic carbocycles. The second kappa shape index (κ2) is 5.52. The molecule has 0 aromatic rings. The summed E-state index contributed by atoms with van der Waals surface area (Å²) >= 11 is 0. The number of amides is 1. The van der Waals surface area contributed by atoms with E-state index in [4.69, 9.17) is 5.73 Å². The van der Waals surface area contributed by atoms with E-state index in [0.717, 1.165) is 25.7 Å². The first-order valence-corrected chi connectivity index (χ1v) is 5.50. The molecule has 0 spiro atoms. The molecule has 0 aromatic heterocycles. The number of nitrogens with one attached hydrogen (secondary N) is 1. The third kappa shape index (κ3) is 4.83. The van der Waals surface area contributed by atoms with Gasteiger partial charge in [0, 0.05) is 18.5 Å². The number of carbonyl (C=O) groups excluding carboxylic acids is 1. The first-order chi connectivity index (χ1) is 7.38. The van der Waals surface area contributed by atoms with Gasteiger partial charge < -0.3 is 11.1 Å². The van der Waals surface area contributed by atoms with Crippen molar-refractivity contribution in [2.75, 3.05) is 0 Å². The Morgan fingerprint density at radius 1 is 1.31 bits per heavy atom. The van der Waals surface area contributed by atoms with Crippen LogP contribution in [0.3, 0.4) is 0 Å². The Labute approximate surface area is 92.6 Å². The molecule has 1 fully saturated rings. The fourth-order valence-electron chi connectivity index (χ4n) is 1.87. The molecule has 1 saturated carbocycles. The van der Waals surface area contributed by atoms with Crippen molar-refractivity contribution < 1.29 is 18.0 Å². The summed E-state index contributed by atoms with van der Waals surface area (Å²) in [6.45, 7) is 0. The molecule has 0 aromatic carbocycles. The van der Waals surface area contributed by atoms with Gasteiger partial charge in [-0.3, -0.25) is 4.79 Å². The molecule has 0 aliphatic heterocycles. The van der Waals surface area contributed by atoms with Gasteiger partial charge in [0.1, 0.15) is 0 Å². The van der Waals surface area contributed by atoms with Crippen LogP contribution in [0.4, 0.5) is 13.2 Å². The lowest BCUT2D eigenvalue weighted by Crippen LogP contribution is -2.49. The standard InChI is InChI=1S/C10H17F3N2O/c11-10(12,13)6-5-9(16)15-8-4-2-1-3-7(8)14/h7-8H,1-6,14H2,(H,15,16)/t7-,8-/m1/s1. The van der Waals surface area contributed by atoms with E-state index in [1.807, 2.05) is 0 Å². The van der Waals surface area contributed by atoms with Gasteiger partial charge in [0.2, 0.25) is 5.91 Å². The average Bonchev–Trinajstić information content (AvgIpc) is 2.18. The molecule has 0 saturated heterocycles. The summed E-state index contributed by atoms with van der Waals surface area (Å²) in [5.41, 5.74) is 5.77. The molecule has 3 N–H and O–H groups in total. The van der Waals surface area contributed by atoms with E-state index in [1.54, 1.807) is 0 Å². The predicted molar refractivity (Wildman–Crippen MR) is 53.7 cm³/mol. The van der Waals surface area contributed by atoms with E-state index in [9.17, 15) is 18.0 Å². The number of rotatable bonds is 3. The van der Waals surface area contributed by atoms with Crippen molar-refractivity contribution in [3.8, 4) is 0 Å². The minimum atomic E-state index is -4.27. The minimum Gasteiger partial charge on any atom is -0.352 e. The summed E-state index contributed by atoms with van der Waals surface area (Å²) in [4.78, 5) is 11.2. The molecular weight excluding hydrogens is 221 g/mol. The number of nitrogens with two attached hydrogens (primary N) is 1. The molecule has 3 nitrogen and oxygen atoms in total. The molecule has 1 rings (SSSR count). The zero-order chi connectivity index (χ0) is 12.2. The van der Waals surface area contributed by atoms with Crippen molar-refractivity contribution in [3.63, 3.8) is 0 Å². The number of halogens is 3. The van der Waals surface area contributed by atoms with E-state index in [-0.39, 0.29) is 12.1 Å². The second-order valence-electron chi connectivity index (χ2n) is 4.24. The molecule has 1 aliphatic rings. The highest BCUT2D eigenvalue weighted by Crippen LogP contribution is 2.22. The first kappa shape index (κ1) is 13.3. The zero-order valence-electron chi connectivity index (χ0n) is 9.02. The van der Waals surface area contributed by atoms with Gasteiger partial charge in [0.05, 0.1) is 6.42 Å². The topological polar surface area (TPSA) is 55.1 Å². The molecule has 0 bridgehead atoms. The van der Waals surface area contributed by atoms with Gasteiger partial charge in [-0.2, -0.15) is 13.2 Å². The smallest absolute Gasteiger partial charge is 0.352 e. The van der Waals surface area contributed by atoms with Crippen LogP contribution in [-0.2, 0) is 4.79 Å². The number of carbonyl (C=O) groups is 1. The van der Waals surface area contributed by atoms with Gasteiger partial charge >= 0.3 is 6.18 Å². The number of alkyl halides is 3. The van der Waals surface area contributed by atoms with Gasteiger partial charge in [-0.05, 0) is 12.8 Å². The summed E-state index contributed by atoms with van der Waals surface area (Å²) < 4.78 is 35.6. The Balaban J connectivity index is 2.28. The molecule has 2 atom stereocenters. The maximum atomic E-state index is 11.9. The van der Waals surface area contributed by atoms with Crippen LogP contribution in [0.1, 0.15) is 38.5 Å². The molecule has 6 heteroatoms. The lowest BCUT2D eigenvalue weighted by atomic mass is 9.91. The maximum Gasteiger partial charge on any atom is 0.389 e. The van der Waals surface area contributed by atoms with Crippen LogP contribution in [0.5, 0.6) is 0 Å². The van der Waals surface area contributed by atoms with Crippen LogP contribution in [0.25, 0.3) is 0 Å². The summed E-state index contributed by atoms with van der Waals surface area (Å²) in [6.07, 6.45) is -2.27. The van der Waals surface area contributed by atoms with Crippen LogP contribution in [0.2, 0.25) is 0 Å². The Morgan fingerprint density at radius 2 is 1.94 bits per heavy atom. The van der Waals surface area contributed by atoms with E-state index in [0.29, 0.717) is 0 Å². The SMILES string of the molecule is N[C@@H]1CCCC[C@H]1NC(=O)CCC(F)(F)F. The number of hydrogen-bond acceptors (Lipinski definition) is 2. The fourth-order valence-corrected chi connectivity index (χ4v) is 1.87. The average molecular weight is 238 g/mol. The van der Waals surface area contributed by atoms with E-state index in [2.05, 4.69) is 5.32 Å². The van der Waals surface area contributed by atoms with Crippen molar-refractivity contribution in [1.29, 1.82) is 0 Å². The third-order valence-corrected chi connectivity index (χ3v) is 2.80. The highest BCUT2D eigenvalue weighted by atomic mass is 19.4. The van der Waals surface area contributed by atoms with Crippen LogP contribution < -0.4 is 11.1 Å². The van der Waals surface area contributed by atoms with Gasteiger partial charge in [0.15, 0.2) is 0 Å². The normalized spacial score (nSPS) is 26.5. The predicted octanol–water partition coefficient (Wildman–Crippen LogP) is 1.71. The highest BCUT2D eigenvalue weighted by molar-refractivity contribution is 5.76. The van der Waals surface area contributed by atoms with Crippen molar-refractivity contribution in [2.45, 2.75) is 56.8 Å². The second-order valence-corrected chi connectivity index (χ2v) is 4.24. The lowest BCUT2D eigenvalue weighted by Gasteiger charge is -2.29. The Bertz CT molecular complexity index is 243. The summed E-state index contributed by atoms with van der Waals surface area (Å²) in [5, 5.41) is 2.58. The fraction of sp³-hybridized carbons (Fsp3) is 0.900. The molecule has 0 unspecified atom stereocenters. The zero-order valence-corrected chi connectivity index (χ0v) is 9.02. The van der Waals surface area contributed by atoms with Gasteiger partial charge in [-0.15, -0.1) is 0 Å². The minimum absolute atomic E-state index is 0.122. The summed E-state index contributed by atoms with van der Waals surface area (Å²) in [7, 11) is 0. The molecule has 1 amide bonds. The van der Waals surface area contributed by atoms with Crippen molar-refractivity contribution in [1.82, 2.24) is 5.32 Å². The lowest BCUT2D eigenvalue weighted by molar-refractivity contribution is -0.144. The Kier molecular flexibility index (Phi) is 4.58. The van der Waals surface area contributed by atoms with Crippen molar-refractivity contribution in [3.05, 3.63) is 0 Å². The van der Waals surface area contributed by atoms with Crippen LogP contribution in [-0.4, -0.2) is 24.2 Å². The molecular formula is C10H17F3N2O. The van der Waals surface area contributed by atoms with Gasteiger partial charge in [0.25, 0.3) is 0 Å². The highest BCUT2D eigenvalue weighted by Gasteiger charge is 2.29. The third-order valence-electron chi connectivity index (χ3n) is 2.80. The molecule has 0 radical (unpaired) electrons. The van der Waals surface area contributed by atoms with E-state index in [1.165, 1.54) is 0 Å². The van der Waals surface area contributed by atoms with Crippen molar-refractivity contribution in [2.24, 2.45) is 5.73 Å². The Morgan fingerprint density at radius 3 is 2.50 bits per heavy atom. The van der Waals surface area contributed by atoms with Crippen LogP contribution in [0, 0.1) is 0 Å². The molecule has 94 valence electrons. The number of hydrogen-bond donors (Lipinski definition) is 2. The Hall–Kier alpha value is -0.780. The largest absolute Gasteiger partial charge is 0.389 e. The van der Waals surface area contributed by atoms with E-state index >= 15 is 0 Å². The summed E-state index contributed by atoms with van der Waals surface area (Å²) in [5.74, 6) is -0.556. The molecule has 16 heavy (non-hydrogen) atoms. The van der Waals surface area contributed by atoms with Crippen molar-refractivity contribution >= 4 is 5.91 Å². The summed E-state index contributed by atoms with van der Waals surface area (Å²) in [6, 6.07) is -0.280.